The molecule has 0 amide bonds. The second kappa shape index (κ2) is 6.44. The van der Waals surface area contributed by atoms with Gasteiger partial charge in [0, 0.05) is 6.54 Å². The van der Waals surface area contributed by atoms with Crippen molar-refractivity contribution in [3.8, 4) is 0 Å². The molecule has 0 bridgehead atoms. The van der Waals surface area contributed by atoms with Crippen molar-refractivity contribution in [2.45, 2.75) is 24.3 Å². The van der Waals surface area contributed by atoms with E-state index in [1.807, 2.05) is 0 Å². The normalized spacial score (nSPS) is 19.5. The Morgan fingerprint density at radius 3 is 2.81 bits per heavy atom. The van der Waals surface area contributed by atoms with Gasteiger partial charge in [-0.15, -0.1) is 0 Å². The summed E-state index contributed by atoms with van der Waals surface area (Å²) >= 11 is 0. The summed E-state index contributed by atoms with van der Waals surface area (Å²) in [4.78, 5) is 13.2. The van der Waals surface area contributed by atoms with Gasteiger partial charge in [-0.05, 0) is 18.6 Å². The molecule has 1 fully saturated rings. The first-order valence-electron chi connectivity index (χ1n) is 6.86. The first kappa shape index (κ1) is 15.8. The van der Waals surface area contributed by atoms with Gasteiger partial charge in [-0.1, -0.05) is 19.1 Å². The number of anilines is 1. The number of sulfone groups is 1. The number of hydrogen-bond acceptors (Lipinski definition) is 5. The van der Waals surface area contributed by atoms with Crippen LogP contribution in [0.25, 0.3) is 0 Å². The maximum atomic E-state index is 12.4. The van der Waals surface area contributed by atoms with E-state index in [0.29, 0.717) is 25.3 Å². The van der Waals surface area contributed by atoms with Gasteiger partial charge in [-0.25, -0.2) is 13.2 Å². The van der Waals surface area contributed by atoms with Gasteiger partial charge in [-0.3, -0.25) is 0 Å². The monoisotopic (exact) mass is 313 g/mol. The van der Waals surface area contributed by atoms with Crippen molar-refractivity contribution in [3.63, 3.8) is 0 Å². The van der Waals surface area contributed by atoms with Crippen LogP contribution in [0.3, 0.4) is 0 Å². The molecule has 0 spiro atoms. The van der Waals surface area contributed by atoms with Crippen LogP contribution in [0.4, 0.5) is 5.69 Å². The van der Waals surface area contributed by atoms with E-state index in [4.69, 9.17) is 4.74 Å². The van der Waals surface area contributed by atoms with Crippen LogP contribution in [-0.2, 0) is 19.4 Å². The van der Waals surface area contributed by atoms with E-state index in [1.165, 1.54) is 6.07 Å². The molecule has 1 unspecified atom stereocenters. The molecule has 1 N–H and O–H groups in total. The van der Waals surface area contributed by atoms with Crippen molar-refractivity contribution in [3.05, 3.63) is 24.3 Å². The maximum absolute atomic E-state index is 12.4. The fraction of sp³-hybridized carbons (Fsp3) is 0.500. The van der Waals surface area contributed by atoms with E-state index in [0.717, 1.165) is 0 Å². The molecule has 21 heavy (non-hydrogen) atoms. The van der Waals surface area contributed by atoms with Crippen molar-refractivity contribution >= 4 is 21.5 Å². The lowest BCUT2D eigenvalue weighted by atomic mass is 10.2. The molecule has 1 heterocycles. The minimum atomic E-state index is -3.41. The van der Waals surface area contributed by atoms with E-state index in [2.05, 4.69) is 0 Å². The minimum absolute atomic E-state index is 0.0477. The van der Waals surface area contributed by atoms with Crippen molar-refractivity contribution in [1.29, 1.82) is 0 Å². The SMILES string of the molecule is CCCS(=O)(=O)c1ccccc1N1CCOCC1C(=O)O. The summed E-state index contributed by atoms with van der Waals surface area (Å²) in [5.41, 5.74) is 0.446. The molecular formula is C14H19NO5S. The van der Waals surface area contributed by atoms with Gasteiger partial charge in [-0.2, -0.15) is 0 Å². The highest BCUT2D eigenvalue weighted by atomic mass is 32.2. The Balaban J connectivity index is 2.46. The van der Waals surface area contributed by atoms with E-state index in [-0.39, 0.29) is 17.3 Å². The van der Waals surface area contributed by atoms with E-state index >= 15 is 0 Å². The number of para-hydroxylation sites is 1. The highest BCUT2D eigenvalue weighted by Gasteiger charge is 2.32. The average Bonchev–Trinajstić information content (AvgIpc) is 2.47. The standard InChI is InChI=1S/C14H19NO5S/c1-2-9-21(18,19)13-6-4-3-5-11(13)15-7-8-20-10-12(15)14(16)17/h3-6,12H,2,7-10H2,1H3,(H,16,17). The average molecular weight is 313 g/mol. The largest absolute Gasteiger partial charge is 0.480 e. The quantitative estimate of drug-likeness (QED) is 0.878. The third kappa shape index (κ3) is 3.36. The van der Waals surface area contributed by atoms with Gasteiger partial charge in [0.15, 0.2) is 15.9 Å². The highest BCUT2D eigenvalue weighted by molar-refractivity contribution is 7.91. The zero-order valence-corrected chi connectivity index (χ0v) is 12.7. The number of hydrogen-bond donors (Lipinski definition) is 1. The van der Waals surface area contributed by atoms with Crippen LogP contribution < -0.4 is 4.90 Å². The predicted molar refractivity (Wildman–Crippen MR) is 78.4 cm³/mol. The van der Waals surface area contributed by atoms with E-state index in [1.54, 1.807) is 30.0 Å². The molecule has 7 heteroatoms. The van der Waals surface area contributed by atoms with Crippen molar-refractivity contribution in [1.82, 2.24) is 0 Å². The van der Waals surface area contributed by atoms with Gasteiger partial charge in [0.2, 0.25) is 0 Å². The molecule has 116 valence electrons. The lowest BCUT2D eigenvalue weighted by Gasteiger charge is -2.35. The summed E-state index contributed by atoms with van der Waals surface area (Å²) in [6.45, 7) is 2.59. The molecule has 0 saturated carbocycles. The van der Waals surface area contributed by atoms with E-state index in [9.17, 15) is 18.3 Å². The Morgan fingerprint density at radius 1 is 1.43 bits per heavy atom. The lowest BCUT2D eigenvalue weighted by molar-refractivity contribution is -0.141. The number of benzene rings is 1. The third-order valence-electron chi connectivity index (χ3n) is 3.40. The number of rotatable bonds is 5. The maximum Gasteiger partial charge on any atom is 0.328 e. The number of ether oxygens (including phenoxy) is 1. The third-order valence-corrected chi connectivity index (χ3v) is 5.36. The molecule has 0 aromatic heterocycles. The van der Waals surface area contributed by atoms with Crippen LogP contribution >= 0.6 is 0 Å². The number of nitrogens with zero attached hydrogens (tertiary/aromatic N) is 1. The van der Waals surface area contributed by atoms with Crippen molar-refractivity contribution in [2.24, 2.45) is 0 Å². The van der Waals surface area contributed by atoms with Gasteiger partial charge in [0.1, 0.15) is 0 Å². The Labute approximate surface area is 124 Å². The second-order valence-electron chi connectivity index (χ2n) is 4.91. The van der Waals surface area contributed by atoms with Crippen LogP contribution in [0.2, 0.25) is 0 Å². The molecule has 6 nitrogen and oxygen atoms in total. The van der Waals surface area contributed by atoms with E-state index < -0.39 is 21.8 Å². The first-order chi connectivity index (χ1) is 9.97. The summed E-state index contributed by atoms with van der Waals surface area (Å²) in [5.74, 6) is -0.969. The number of carboxylic acids is 1. The zero-order chi connectivity index (χ0) is 15.5. The molecule has 1 aromatic rings. The number of carboxylic acid groups (broad SMARTS) is 1. The lowest BCUT2D eigenvalue weighted by Crippen LogP contribution is -2.50. The van der Waals surface area contributed by atoms with Crippen LogP contribution in [0.15, 0.2) is 29.2 Å². The fourth-order valence-electron chi connectivity index (χ4n) is 2.43. The van der Waals surface area contributed by atoms with Crippen LogP contribution in [0.5, 0.6) is 0 Å². The molecule has 1 aliphatic heterocycles. The molecule has 0 radical (unpaired) electrons. The van der Waals surface area contributed by atoms with Gasteiger partial charge >= 0.3 is 5.97 Å². The number of carbonyl (C=O) groups is 1. The minimum Gasteiger partial charge on any atom is -0.480 e. The predicted octanol–water partition coefficient (Wildman–Crippen LogP) is 1.16. The number of morpholine rings is 1. The summed E-state index contributed by atoms with van der Waals surface area (Å²) < 4.78 is 29.9. The molecule has 1 saturated heterocycles. The smallest absolute Gasteiger partial charge is 0.328 e. The highest BCUT2D eigenvalue weighted by Crippen LogP contribution is 2.29. The van der Waals surface area contributed by atoms with Crippen LogP contribution in [-0.4, -0.2) is 51.0 Å². The van der Waals surface area contributed by atoms with Gasteiger partial charge < -0.3 is 14.7 Å². The van der Waals surface area contributed by atoms with Crippen molar-refractivity contribution in [2.75, 3.05) is 30.4 Å². The molecular weight excluding hydrogens is 294 g/mol. The summed E-state index contributed by atoms with van der Waals surface area (Å²) in [5, 5.41) is 9.30. The van der Waals surface area contributed by atoms with Crippen LogP contribution in [0.1, 0.15) is 13.3 Å². The summed E-state index contributed by atoms with van der Waals surface area (Å²) in [7, 11) is -3.41. The Morgan fingerprint density at radius 2 is 2.14 bits per heavy atom. The number of aliphatic carboxylic acids is 1. The fourth-order valence-corrected chi connectivity index (χ4v) is 3.98. The van der Waals surface area contributed by atoms with Crippen molar-refractivity contribution < 1.29 is 23.1 Å². The molecule has 0 aliphatic carbocycles. The van der Waals surface area contributed by atoms with Gasteiger partial charge in [0.25, 0.3) is 0 Å². The summed E-state index contributed by atoms with van der Waals surface area (Å²) in [6.07, 6.45) is 0.516. The molecule has 1 aliphatic rings. The Bertz CT molecular complexity index is 614. The molecule has 1 aromatic carbocycles. The molecule has 2 rings (SSSR count). The van der Waals surface area contributed by atoms with Crippen LogP contribution in [0, 0.1) is 0 Å². The first-order valence-corrected chi connectivity index (χ1v) is 8.51. The second-order valence-corrected chi connectivity index (χ2v) is 6.99. The Kier molecular flexibility index (Phi) is 4.84. The molecule has 1 atom stereocenters. The topological polar surface area (TPSA) is 83.9 Å². The zero-order valence-electron chi connectivity index (χ0n) is 11.9. The van der Waals surface area contributed by atoms with Gasteiger partial charge in [0.05, 0.1) is 29.5 Å². The Hall–Kier alpha value is -1.60. The summed E-state index contributed by atoms with van der Waals surface area (Å²) in [6, 6.07) is 5.70.